The Morgan fingerprint density at radius 2 is 1.79 bits per heavy atom. The van der Waals surface area contributed by atoms with Gasteiger partial charge in [-0.25, -0.2) is 0 Å². The molecule has 2 aromatic carbocycles. The first-order valence-corrected chi connectivity index (χ1v) is 8.83. The molecule has 0 aliphatic heterocycles. The number of anilines is 1. The van der Waals surface area contributed by atoms with Gasteiger partial charge in [-0.15, -0.1) is 0 Å². The molecule has 2 rings (SSSR count). The van der Waals surface area contributed by atoms with Crippen LogP contribution in [-0.4, -0.2) is 5.91 Å². The van der Waals surface area contributed by atoms with Gasteiger partial charge in [-0.1, -0.05) is 56.7 Å². The summed E-state index contributed by atoms with van der Waals surface area (Å²) in [7, 11) is 0. The van der Waals surface area contributed by atoms with E-state index in [9.17, 15) is 4.79 Å². The van der Waals surface area contributed by atoms with Gasteiger partial charge in [0.15, 0.2) is 0 Å². The van der Waals surface area contributed by atoms with Crippen molar-refractivity contribution in [1.29, 1.82) is 0 Å². The Morgan fingerprint density at radius 1 is 1.00 bits per heavy atom. The average molecular weight is 325 g/mol. The quantitative estimate of drug-likeness (QED) is 0.675. The van der Waals surface area contributed by atoms with Gasteiger partial charge in [0, 0.05) is 17.7 Å². The number of benzene rings is 2. The molecule has 24 heavy (non-hydrogen) atoms. The molecular formula is C21H27NO2. The van der Waals surface area contributed by atoms with E-state index in [0.717, 1.165) is 48.2 Å². The number of ether oxygens (including phenoxy) is 1. The van der Waals surface area contributed by atoms with E-state index < -0.39 is 0 Å². The Hall–Kier alpha value is -2.29. The van der Waals surface area contributed by atoms with E-state index in [-0.39, 0.29) is 5.91 Å². The van der Waals surface area contributed by atoms with Crippen LogP contribution in [-0.2, 0) is 17.8 Å². The van der Waals surface area contributed by atoms with Crippen molar-refractivity contribution >= 4 is 11.6 Å². The highest BCUT2D eigenvalue weighted by atomic mass is 16.5. The molecule has 2 aromatic rings. The van der Waals surface area contributed by atoms with Gasteiger partial charge in [0.2, 0.25) is 5.91 Å². The fourth-order valence-corrected chi connectivity index (χ4v) is 2.60. The molecule has 0 aliphatic carbocycles. The number of carbonyl (C=O) groups excluding carboxylic acids is 1. The lowest BCUT2D eigenvalue weighted by atomic mass is 10.0. The molecule has 0 spiro atoms. The van der Waals surface area contributed by atoms with Crippen LogP contribution in [0.5, 0.6) is 5.75 Å². The van der Waals surface area contributed by atoms with Crippen molar-refractivity contribution < 1.29 is 9.53 Å². The summed E-state index contributed by atoms with van der Waals surface area (Å²) in [6.45, 7) is 4.71. The molecule has 0 aromatic heterocycles. The van der Waals surface area contributed by atoms with Crippen molar-refractivity contribution in [2.24, 2.45) is 0 Å². The van der Waals surface area contributed by atoms with Gasteiger partial charge < -0.3 is 10.1 Å². The van der Waals surface area contributed by atoms with Crippen LogP contribution in [0.15, 0.2) is 48.5 Å². The first-order chi connectivity index (χ1) is 11.7. The fraction of sp³-hybridized carbons (Fsp3) is 0.381. The lowest BCUT2D eigenvalue weighted by molar-refractivity contribution is -0.116. The molecule has 128 valence electrons. The molecule has 0 atom stereocenters. The summed E-state index contributed by atoms with van der Waals surface area (Å²) in [5.41, 5.74) is 3.12. The van der Waals surface area contributed by atoms with E-state index in [4.69, 9.17) is 4.74 Å². The Bertz CT molecular complexity index is 638. The molecule has 0 fully saturated rings. The van der Waals surface area contributed by atoms with E-state index in [0.29, 0.717) is 13.0 Å². The van der Waals surface area contributed by atoms with E-state index in [2.05, 4.69) is 24.4 Å². The highest BCUT2D eigenvalue weighted by Crippen LogP contribution is 2.29. The maximum absolute atomic E-state index is 12.0. The second-order valence-corrected chi connectivity index (χ2v) is 5.96. The zero-order chi connectivity index (χ0) is 17.2. The number of hydrogen-bond acceptors (Lipinski definition) is 2. The van der Waals surface area contributed by atoms with Crippen molar-refractivity contribution in [3.8, 4) is 5.75 Å². The van der Waals surface area contributed by atoms with Gasteiger partial charge >= 0.3 is 0 Å². The predicted octanol–water partition coefficient (Wildman–Crippen LogP) is 5.35. The van der Waals surface area contributed by atoms with E-state index in [1.807, 2.05) is 43.3 Å². The zero-order valence-corrected chi connectivity index (χ0v) is 14.7. The van der Waals surface area contributed by atoms with Crippen LogP contribution in [0.4, 0.5) is 5.69 Å². The lowest BCUT2D eigenvalue weighted by Gasteiger charge is -2.16. The van der Waals surface area contributed by atoms with E-state index >= 15 is 0 Å². The van der Waals surface area contributed by atoms with Gasteiger partial charge in [-0.2, -0.15) is 0 Å². The second-order valence-electron chi connectivity index (χ2n) is 5.96. The summed E-state index contributed by atoms with van der Waals surface area (Å²) in [6, 6.07) is 16.0. The monoisotopic (exact) mass is 325 g/mol. The van der Waals surface area contributed by atoms with Crippen molar-refractivity contribution in [2.75, 3.05) is 5.32 Å². The summed E-state index contributed by atoms with van der Waals surface area (Å²) in [6.07, 6.45) is 4.48. The zero-order valence-electron chi connectivity index (χ0n) is 14.7. The first-order valence-electron chi connectivity index (χ1n) is 8.83. The molecule has 0 radical (unpaired) electrons. The number of amides is 1. The summed E-state index contributed by atoms with van der Waals surface area (Å²) in [5.74, 6) is 0.928. The van der Waals surface area contributed by atoms with Crippen LogP contribution in [0.2, 0.25) is 0 Å². The minimum atomic E-state index is 0.0652. The van der Waals surface area contributed by atoms with Crippen molar-refractivity contribution in [2.45, 2.75) is 52.6 Å². The van der Waals surface area contributed by atoms with Gasteiger partial charge in [-0.3, -0.25) is 4.79 Å². The Kier molecular flexibility index (Phi) is 7.34. The summed E-state index contributed by atoms with van der Waals surface area (Å²) >= 11 is 0. The number of carbonyl (C=O) groups is 1. The van der Waals surface area contributed by atoms with Crippen LogP contribution in [0.25, 0.3) is 0 Å². The molecule has 1 N–H and O–H groups in total. The van der Waals surface area contributed by atoms with Crippen molar-refractivity contribution in [3.05, 3.63) is 59.7 Å². The maximum Gasteiger partial charge on any atom is 0.224 e. The largest absolute Gasteiger partial charge is 0.489 e. The Morgan fingerprint density at radius 3 is 2.50 bits per heavy atom. The molecule has 0 saturated carbocycles. The first kappa shape index (κ1) is 18.1. The van der Waals surface area contributed by atoms with Crippen LogP contribution in [0, 0.1) is 0 Å². The molecule has 0 aliphatic rings. The van der Waals surface area contributed by atoms with E-state index in [1.165, 1.54) is 0 Å². The molecule has 1 amide bonds. The third kappa shape index (κ3) is 5.41. The number of unbranched alkanes of at least 4 members (excludes halogenated alkanes) is 1. The highest BCUT2D eigenvalue weighted by molar-refractivity contribution is 5.91. The normalized spacial score (nSPS) is 10.4. The van der Waals surface area contributed by atoms with Crippen molar-refractivity contribution in [1.82, 2.24) is 0 Å². The standard InChI is InChI=1S/C21H27NO2/c1-3-5-13-18-19(22-21(23)10-4-2)14-9-15-20(18)24-16-17-11-7-6-8-12-17/h6-9,11-12,14-15H,3-5,10,13,16H2,1-2H3,(H,22,23). The molecule has 0 saturated heterocycles. The van der Waals surface area contributed by atoms with Gasteiger partial charge in [-0.05, 0) is 37.0 Å². The average Bonchev–Trinajstić information content (AvgIpc) is 2.60. The van der Waals surface area contributed by atoms with Gasteiger partial charge in [0.1, 0.15) is 12.4 Å². The summed E-state index contributed by atoms with van der Waals surface area (Å²) < 4.78 is 6.05. The van der Waals surface area contributed by atoms with Crippen LogP contribution in [0.1, 0.15) is 50.7 Å². The minimum Gasteiger partial charge on any atom is -0.489 e. The van der Waals surface area contributed by atoms with Gasteiger partial charge in [0.05, 0.1) is 0 Å². The lowest BCUT2D eigenvalue weighted by Crippen LogP contribution is -2.13. The van der Waals surface area contributed by atoms with E-state index in [1.54, 1.807) is 0 Å². The molecule has 3 nitrogen and oxygen atoms in total. The number of hydrogen-bond donors (Lipinski definition) is 1. The number of rotatable bonds is 9. The summed E-state index contributed by atoms with van der Waals surface area (Å²) in [4.78, 5) is 12.0. The third-order valence-electron chi connectivity index (χ3n) is 3.90. The second kappa shape index (κ2) is 9.76. The highest BCUT2D eigenvalue weighted by Gasteiger charge is 2.12. The Labute approximate surface area is 145 Å². The predicted molar refractivity (Wildman–Crippen MR) is 99.4 cm³/mol. The fourth-order valence-electron chi connectivity index (χ4n) is 2.60. The maximum atomic E-state index is 12.0. The topological polar surface area (TPSA) is 38.3 Å². The number of nitrogens with one attached hydrogen (secondary N) is 1. The van der Waals surface area contributed by atoms with Crippen LogP contribution >= 0.6 is 0 Å². The molecular weight excluding hydrogens is 298 g/mol. The molecule has 0 unspecified atom stereocenters. The minimum absolute atomic E-state index is 0.0652. The van der Waals surface area contributed by atoms with Crippen LogP contribution < -0.4 is 10.1 Å². The SMILES string of the molecule is CCCCc1c(NC(=O)CCC)cccc1OCc1ccccc1. The molecule has 0 heterocycles. The smallest absolute Gasteiger partial charge is 0.224 e. The molecule has 3 heteroatoms. The Balaban J connectivity index is 2.17. The third-order valence-corrected chi connectivity index (χ3v) is 3.90. The van der Waals surface area contributed by atoms with Crippen LogP contribution in [0.3, 0.4) is 0 Å². The molecule has 0 bridgehead atoms. The summed E-state index contributed by atoms with van der Waals surface area (Å²) in [5, 5.41) is 3.04. The van der Waals surface area contributed by atoms with Gasteiger partial charge in [0.25, 0.3) is 0 Å². The van der Waals surface area contributed by atoms with Crippen molar-refractivity contribution in [3.63, 3.8) is 0 Å².